The highest BCUT2D eigenvalue weighted by molar-refractivity contribution is 5.29. The zero-order valence-corrected chi connectivity index (χ0v) is 11.5. The van der Waals surface area contributed by atoms with Gasteiger partial charge in [0.25, 0.3) is 0 Å². The Hall–Kier alpha value is -1.02. The third-order valence-corrected chi connectivity index (χ3v) is 2.87. The maximum absolute atomic E-state index is 5.19. The Morgan fingerprint density at radius 1 is 1.18 bits per heavy atom. The second-order valence-electron chi connectivity index (χ2n) is 4.91. The first-order valence-electron chi connectivity index (χ1n) is 6.54. The van der Waals surface area contributed by atoms with Crippen molar-refractivity contribution in [2.45, 2.75) is 39.7 Å². The summed E-state index contributed by atoms with van der Waals surface area (Å²) in [6, 6.07) is 8.86. The topological polar surface area (TPSA) is 21.3 Å². The first-order chi connectivity index (χ1) is 8.17. The maximum atomic E-state index is 5.19. The summed E-state index contributed by atoms with van der Waals surface area (Å²) in [5.74, 6) is 1.62. The Labute approximate surface area is 105 Å². The van der Waals surface area contributed by atoms with E-state index in [0.717, 1.165) is 12.3 Å². The van der Waals surface area contributed by atoms with Gasteiger partial charge in [-0.3, -0.25) is 0 Å². The molecule has 17 heavy (non-hydrogen) atoms. The molecule has 1 aromatic rings. The van der Waals surface area contributed by atoms with Gasteiger partial charge in [0.15, 0.2) is 0 Å². The summed E-state index contributed by atoms with van der Waals surface area (Å²) >= 11 is 0. The summed E-state index contributed by atoms with van der Waals surface area (Å²) in [4.78, 5) is 0. The van der Waals surface area contributed by atoms with Crippen molar-refractivity contribution in [3.05, 3.63) is 29.8 Å². The first kappa shape index (κ1) is 14.0. The SMILES string of the molecule is CCCNC(CC(C)C)c1ccc(OC)cc1. The van der Waals surface area contributed by atoms with Crippen molar-refractivity contribution in [2.24, 2.45) is 5.92 Å². The van der Waals surface area contributed by atoms with Crippen LogP contribution >= 0.6 is 0 Å². The molecule has 0 fully saturated rings. The highest BCUT2D eigenvalue weighted by atomic mass is 16.5. The van der Waals surface area contributed by atoms with Crippen molar-refractivity contribution in [1.29, 1.82) is 0 Å². The summed E-state index contributed by atoms with van der Waals surface area (Å²) in [7, 11) is 1.70. The highest BCUT2D eigenvalue weighted by Crippen LogP contribution is 2.23. The van der Waals surface area contributed by atoms with Gasteiger partial charge in [-0.2, -0.15) is 0 Å². The summed E-state index contributed by atoms with van der Waals surface area (Å²) < 4.78 is 5.19. The lowest BCUT2D eigenvalue weighted by Gasteiger charge is -2.21. The van der Waals surface area contributed by atoms with E-state index in [-0.39, 0.29) is 0 Å². The standard InChI is InChI=1S/C15H25NO/c1-5-10-16-15(11-12(2)3)13-6-8-14(17-4)9-7-13/h6-9,12,15-16H,5,10-11H2,1-4H3. The lowest BCUT2D eigenvalue weighted by Crippen LogP contribution is -2.23. The molecule has 2 nitrogen and oxygen atoms in total. The summed E-state index contributed by atoms with van der Waals surface area (Å²) in [6.07, 6.45) is 2.34. The second kappa shape index (κ2) is 7.33. The van der Waals surface area contributed by atoms with E-state index < -0.39 is 0 Å². The quantitative estimate of drug-likeness (QED) is 0.776. The van der Waals surface area contributed by atoms with Gasteiger partial charge >= 0.3 is 0 Å². The van der Waals surface area contributed by atoms with Crippen LogP contribution in [0, 0.1) is 5.92 Å². The number of nitrogens with one attached hydrogen (secondary N) is 1. The molecule has 1 unspecified atom stereocenters. The molecule has 0 radical (unpaired) electrons. The van der Waals surface area contributed by atoms with E-state index in [1.54, 1.807) is 7.11 Å². The van der Waals surface area contributed by atoms with Gasteiger partial charge in [0.05, 0.1) is 7.11 Å². The summed E-state index contributed by atoms with van der Waals surface area (Å²) in [6.45, 7) is 7.81. The highest BCUT2D eigenvalue weighted by Gasteiger charge is 2.12. The van der Waals surface area contributed by atoms with Crippen LogP contribution in [0.4, 0.5) is 0 Å². The van der Waals surface area contributed by atoms with E-state index in [9.17, 15) is 0 Å². The van der Waals surface area contributed by atoms with Gasteiger partial charge in [0.2, 0.25) is 0 Å². The van der Waals surface area contributed by atoms with Crippen LogP contribution in [0.25, 0.3) is 0 Å². The van der Waals surface area contributed by atoms with Crippen LogP contribution in [-0.4, -0.2) is 13.7 Å². The Bertz CT molecular complexity index is 305. The lowest BCUT2D eigenvalue weighted by molar-refractivity contribution is 0.412. The summed E-state index contributed by atoms with van der Waals surface area (Å²) in [5, 5.41) is 3.61. The van der Waals surface area contributed by atoms with Crippen molar-refractivity contribution in [3.8, 4) is 5.75 Å². The number of hydrogen-bond donors (Lipinski definition) is 1. The van der Waals surface area contributed by atoms with Gasteiger partial charge in [-0.1, -0.05) is 32.9 Å². The van der Waals surface area contributed by atoms with Crippen LogP contribution in [0.5, 0.6) is 5.75 Å². The minimum absolute atomic E-state index is 0.459. The molecule has 0 saturated heterocycles. The van der Waals surface area contributed by atoms with Gasteiger partial charge in [-0.05, 0) is 43.0 Å². The average molecular weight is 235 g/mol. The van der Waals surface area contributed by atoms with Crippen LogP contribution in [0.2, 0.25) is 0 Å². The van der Waals surface area contributed by atoms with Crippen molar-refractivity contribution < 1.29 is 4.74 Å². The predicted molar refractivity (Wildman–Crippen MR) is 73.5 cm³/mol. The van der Waals surface area contributed by atoms with Gasteiger partial charge in [-0.25, -0.2) is 0 Å². The molecule has 0 aliphatic carbocycles. The van der Waals surface area contributed by atoms with E-state index in [2.05, 4.69) is 38.2 Å². The Morgan fingerprint density at radius 2 is 1.82 bits per heavy atom. The molecule has 0 aliphatic rings. The molecule has 1 rings (SSSR count). The number of hydrogen-bond acceptors (Lipinski definition) is 2. The van der Waals surface area contributed by atoms with E-state index in [1.807, 2.05) is 12.1 Å². The van der Waals surface area contributed by atoms with Crippen LogP contribution in [0.15, 0.2) is 24.3 Å². The van der Waals surface area contributed by atoms with Crippen LogP contribution in [0.1, 0.15) is 45.2 Å². The fraction of sp³-hybridized carbons (Fsp3) is 0.600. The van der Waals surface area contributed by atoms with Crippen molar-refractivity contribution in [2.75, 3.05) is 13.7 Å². The van der Waals surface area contributed by atoms with E-state index >= 15 is 0 Å². The molecule has 0 saturated carbocycles. The third-order valence-electron chi connectivity index (χ3n) is 2.87. The molecule has 1 atom stereocenters. The zero-order chi connectivity index (χ0) is 12.7. The molecule has 0 amide bonds. The minimum atomic E-state index is 0.459. The van der Waals surface area contributed by atoms with Crippen LogP contribution in [0.3, 0.4) is 0 Å². The molecule has 96 valence electrons. The van der Waals surface area contributed by atoms with Crippen molar-refractivity contribution >= 4 is 0 Å². The summed E-state index contributed by atoms with van der Waals surface area (Å²) in [5.41, 5.74) is 1.35. The van der Waals surface area contributed by atoms with Crippen LogP contribution < -0.4 is 10.1 Å². The van der Waals surface area contributed by atoms with Gasteiger partial charge < -0.3 is 10.1 Å². The van der Waals surface area contributed by atoms with Crippen LogP contribution in [-0.2, 0) is 0 Å². The average Bonchev–Trinajstić information content (AvgIpc) is 2.34. The molecular formula is C15H25NO. The Morgan fingerprint density at radius 3 is 2.29 bits per heavy atom. The second-order valence-corrected chi connectivity index (χ2v) is 4.91. The molecular weight excluding hydrogens is 210 g/mol. The molecule has 0 heterocycles. The minimum Gasteiger partial charge on any atom is -0.497 e. The van der Waals surface area contributed by atoms with Crippen molar-refractivity contribution in [3.63, 3.8) is 0 Å². The molecule has 0 aromatic heterocycles. The number of benzene rings is 1. The van der Waals surface area contributed by atoms with E-state index in [1.165, 1.54) is 18.4 Å². The largest absolute Gasteiger partial charge is 0.497 e. The zero-order valence-electron chi connectivity index (χ0n) is 11.5. The monoisotopic (exact) mass is 235 g/mol. The van der Waals surface area contributed by atoms with Crippen molar-refractivity contribution in [1.82, 2.24) is 5.32 Å². The van der Waals surface area contributed by atoms with E-state index in [4.69, 9.17) is 4.74 Å². The molecule has 0 aliphatic heterocycles. The number of ether oxygens (including phenoxy) is 1. The normalized spacial score (nSPS) is 12.8. The third kappa shape index (κ3) is 4.78. The number of rotatable bonds is 7. The molecule has 0 spiro atoms. The first-order valence-corrected chi connectivity index (χ1v) is 6.54. The molecule has 2 heteroatoms. The molecule has 0 bridgehead atoms. The molecule has 1 N–H and O–H groups in total. The predicted octanol–water partition coefficient (Wildman–Crippen LogP) is 3.78. The van der Waals surface area contributed by atoms with Gasteiger partial charge in [0, 0.05) is 6.04 Å². The fourth-order valence-electron chi connectivity index (χ4n) is 1.96. The Balaban J connectivity index is 2.72. The molecule has 1 aromatic carbocycles. The van der Waals surface area contributed by atoms with E-state index in [0.29, 0.717) is 12.0 Å². The fourth-order valence-corrected chi connectivity index (χ4v) is 1.96. The van der Waals surface area contributed by atoms with Gasteiger partial charge in [-0.15, -0.1) is 0 Å². The number of methoxy groups -OCH3 is 1. The smallest absolute Gasteiger partial charge is 0.118 e. The lowest BCUT2D eigenvalue weighted by atomic mass is 9.97. The Kier molecular flexibility index (Phi) is 6.06. The van der Waals surface area contributed by atoms with Gasteiger partial charge in [0.1, 0.15) is 5.75 Å². The maximum Gasteiger partial charge on any atom is 0.118 e.